The SMILES string of the molecule is Cc1ccc(NC(=O)N2CCC(C)CC2CN)cc1Cl. The maximum absolute atomic E-state index is 12.4. The van der Waals surface area contributed by atoms with Crippen LogP contribution >= 0.6 is 11.6 Å². The molecular formula is C15H22ClN3O. The van der Waals surface area contributed by atoms with Gasteiger partial charge in [0, 0.05) is 29.8 Å². The van der Waals surface area contributed by atoms with Gasteiger partial charge in [-0.3, -0.25) is 0 Å². The Morgan fingerprint density at radius 3 is 2.95 bits per heavy atom. The number of amides is 2. The van der Waals surface area contributed by atoms with E-state index < -0.39 is 0 Å². The zero-order valence-corrected chi connectivity index (χ0v) is 12.8. The maximum atomic E-state index is 12.4. The fraction of sp³-hybridized carbons (Fsp3) is 0.533. The number of urea groups is 1. The van der Waals surface area contributed by atoms with Gasteiger partial charge in [-0.2, -0.15) is 0 Å². The summed E-state index contributed by atoms with van der Waals surface area (Å²) in [7, 11) is 0. The van der Waals surface area contributed by atoms with Gasteiger partial charge in [-0.1, -0.05) is 24.6 Å². The van der Waals surface area contributed by atoms with Gasteiger partial charge in [-0.05, 0) is 43.4 Å². The lowest BCUT2D eigenvalue weighted by molar-refractivity contribution is 0.145. The van der Waals surface area contributed by atoms with Crippen molar-refractivity contribution in [1.29, 1.82) is 0 Å². The topological polar surface area (TPSA) is 58.4 Å². The van der Waals surface area contributed by atoms with Crippen molar-refractivity contribution >= 4 is 23.3 Å². The highest BCUT2D eigenvalue weighted by Crippen LogP contribution is 2.24. The summed E-state index contributed by atoms with van der Waals surface area (Å²) in [5, 5.41) is 3.56. The van der Waals surface area contributed by atoms with Crippen LogP contribution in [-0.2, 0) is 0 Å². The molecule has 3 N–H and O–H groups in total. The van der Waals surface area contributed by atoms with Gasteiger partial charge in [0.1, 0.15) is 0 Å². The molecule has 2 atom stereocenters. The number of piperidine rings is 1. The highest BCUT2D eigenvalue weighted by atomic mass is 35.5. The van der Waals surface area contributed by atoms with Crippen LogP contribution in [0.2, 0.25) is 5.02 Å². The standard InChI is InChI=1S/C15H22ClN3O/c1-10-5-6-19(13(7-10)9-17)15(20)18-12-4-3-11(2)14(16)8-12/h3-4,8,10,13H,5-7,9,17H2,1-2H3,(H,18,20). The lowest BCUT2D eigenvalue weighted by Crippen LogP contribution is -2.50. The van der Waals surface area contributed by atoms with E-state index in [4.69, 9.17) is 17.3 Å². The van der Waals surface area contributed by atoms with E-state index in [-0.39, 0.29) is 12.1 Å². The van der Waals surface area contributed by atoms with E-state index in [1.807, 2.05) is 24.0 Å². The molecule has 1 aromatic rings. The first-order valence-electron chi connectivity index (χ1n) is 7.05. The minimum atomic E-state index is -0.0905. The number of nitrogens with one attached hydrogen (secondary N) is 1. The fourth-order valence-corrected chi connectivity index (χ4v) is 2.79. The molecule has 5 heteroatoms. The summed E-state index contributed by atoms with van der Waals surface area (Å²) >= 11 is 6.07. The van der Waals surface area contributed by atoms with E-state index >= 15 is 0 Å². The first-order valence-corrected chi connectivity index (χ1v) is 7.43. The van der Waals surface area contributed by atoms with E-state index in [0.29, 0.717) is 17.5 Å². The van der Waals surface area contributed by atoms with Crippen molar-refractivity contribution in [3.63, 3.8) is 0 Å². The largest absolute Gasteiger partial charge is 0.328 e. The number of benzene rings is 1. The Morgan fingerprint density at radius 1 is 1.55 bits per heavy atom. The van der Waals surface area contributed by atoms with Gasteiger partial charge in [-0.15, -0.1) is 0 Å². The summed E-state index contributed by atoms with van der Waals surface area (Å²) in [5.41, 5.74) is 7.51. The average Bonchev–Trinajstić information content (AvgIpc) is 2.42. The lowest BCUT2D eigenvalue weighted by atomic mass is 9.93. The van der Waals surface area contributed by atoms with Gasteiger partial charge in [-0.25, -0.2) is 4.79 Å². The van der Waals surface area contributed by atoms with E-state index in [1.54, 1.807) is 6.07 Å². The third kappa shape index (κ3) is 3.44. The molecular weight excluding hydrogens is 274 g/mol. The predicted molar refractivity (Wildman–Crippen MR) is 83.2 cm³/mol. The number of carbonyl (C=O) groups is 1. The second-order valence-corrected chi connectivity index (χ2v) is 6.01. The summed E-state index contributed by atoms with van der Waals surface area (Å²) in [6.07, 6.45) is 2.00. The zero-order valence-electron chi connectivity index (χ0n) is 12.0. The monoisotopic (exact) mass is 295 g/mol. The molecule has 0 aromatic heterocycles. The Balaban J connectivity index is 2.05. The molecule has 0 spiro atoms. The van der Waals surface area contributed by atoms with Gasteiger partial charge in [0.05, 0.1) is 0 Å². The van der Waals surface area contributed by atoms with Crippen LogP contribution in [0.15, 0.2) is 18.2 Å². The molecule has 1 aromatic carbocycles. The number of hydrogen-bond donors (Lipinski definition) is 2. The van der Waals surface area contributed by atoms with E-state index in [2.05, 4.69) is 12.2 Å². The number of nitrogens with zero attached hydrogens (tertiary/aromatic N) is 1. The Morgan fingerprint density at radius 2 is 2.30 bits per heavy atom. The Kier molecular flexibility index (Phi) is 4.89. The lowest BCUT2D eigenvalue weighted by Gasteiger charge is -2.37. The summed E-state index contributed by atoms with van der Waals surface area (Å²) < 4.78 is 0. The van der Waals surface area contributed by atoms with Gasteiger partial charge in [0.2, 0.25) is 0 Å². The minimum Gasteiger partial charge on any atom is -0.328 e. The Labute approximate surface area is 125 Å². The summed E-state index contributed by atoms with van der Waals surface area (Å²) in [4.78, 5) is 14.2. The highest BCUT2D eigenvalue weighted by Gasteiger charge is 2.28. The molecule has 0 bridgehead atoms. The number of nitrogens with two attached hydrogens (primary N) is 1. The molecule has 110 valence electrons. The summed E-state index contributed by atoms with van der Waals surface area (Å²) in [6.45, 7) is 5.41. The number of aryl methyl sites for hydroxylation is 1. The zero-order chi connectivity index (χ0) is 14.7. The normalized spacial score (nSPS) is 22.7. The Bertz CT molecular complexity index is 492. The van der Waals surface area contributed by atoms with Crippen LogP contribution in [0.1, 0.15) is 25.3 Å². The van der Waals surface area contributed by atoms with Crippen molar-refractivity contribution in [2.75, 3.05) is 18.4 Å². The third-order valence-corrected chi connectivity index (χ3v) is 4.34. The second-order valence-electron chi connectivity index (χ2n) is 5.61. The molecule has 20 heavy (non-hydrogen) atoms. The van der Waals surface area contributed by atoms with Crippen LogP contribution in [0.5, 0.6) is 0 Å². The molecule has 2 amide bonds. The first-order chi connectivity index (χ1) is 9.51. The van der Waals surface area contributed by atoms with Crippen molar-refractivity contribution in [1.82, 2.24) is 4.90 Å². The quantitative estimate of drug-likeness (QED) is 0.880. The van der Waals surface area contributed by atoms with Gasteiger partial charge >= 0.3 is 6.03 Å². The fourth-order valence-electron chi connectivity index (χ4n) is 2.61. The summed E-state index contributed by atoms with van der Waals surface area (Å²) in [5.74, 6) is 0.626. The molecule has 1 aliphatic rings. The number of anilines is 1. The number of likely N-dealkylation sites (tertiary alicyclic amines) is 1. The van der Waals surface area contributed by atoms with Crippen LogP contribution in [0.4, 0.5) is 10.5 Å². The van der Waals surface area contributed by atoms with Crippen LogP contribution in [0.25, 0.3) is 0 Å². The number of carbonyl (C=O) groups excluding carboxylic acids is 1. The molecule has 1 saturated heterocycles. The molecule has 1 heterocycles. The summed E-state index contributed by atoms with van der Waals surface area (Å²) in [6, 6.07) is 5.57. The minimum absolute atomic E-state index is 0.0905. The molecule has 0 aliphatic carbocycles. The number of halogens is 1. The van der Waals surface area contributed by atoms with Gasteiger partial charge in [0.25, 0.3) is 0 Å². The number of hydrogen-bond acceptors (Lipinski definition) is 2. The third-order valence-electron chi connectivity index (χ3n) is 3.93. The maximum Gasteiger partial charge on any atom is 0.322 e. The molecule has 1 aliphatic heterocycles. The molecule has 0 radical (unpaired) electrons. The van der Waals surface area contributed by atoms with E-state index in [1.165, 1.54) is 0 Å². The van der Waals surface area contributed by atoms with Gasteiger partial charge < -0.3 is 16.0 Å². The van der Waals surface area contributed by atoms with E-state index in [9.17, 15) is 4.79 Å². The highest BCUT2D eigenvalue weighted by molar-refractivity contribution is 6.31. The van der Waals surface area contributed by atoms with Crippen molar-refractivity contribution in [2.24, 2.45) is 11.7 Å². The van der Waals surface area contributed by atoms with Crippen LogP contribution < -0.4 is 11.1 Å². The van der Waals surface area contributed by atoms with E-state index in [0.717, 1.165) is 30.6 Å². The molecule has 0 saturated carbocycles. The number of rotatable bonds is 2. The molecule has 1 fully saturated rings. The molecule has 4 nitrogen and oxygen atoms in total. The first kappa shape index (κ1) is 15.1. The van der Waals surface area contributed by atoms with Crippen LogP contribution in [0, 0.1) is 12.8 Å². The van der Waals surface area contributed by atoms with Crippen molar-refractivity contribution in [3.05, 3.63) is 28.8 Å². The average molecular weight is 296 g/mol. The van der Waals surface area contributed by atoms with Crippen LogP contribution in [-0.4, -0.2) is 30.1 Å². The Hall–Kier alpha value is -1.26. The van der Waals surface area contributed by atoms with Crippen molar-refractivity contribution in [3.8, 4) is 0 Å². The van der Waals surface area contributed by atoms with Gasteiger partial charge in [0.15, 0.2) is 0 Å². The molecule has 2 rings (SSSR count). The molecule has 2 unspecified atom stereocenters. The van der Waals surface area contributed by atoms with Crippen molar-refractivity contribution < 1.29 is 4.79 Å². The second kappa shape index (κ2) is 6.46. The van der Waals surface area contributed by atoms with Crippen LogP contribution in [0.3, 0.4) is 0 Å². The predicted octanol–water partition coefficient (Wildman–Crippen LogP) is 3.24. The van der Waals surface area contributed by atoms with Crippen molar-refractivity contribution in [2.45, 2.75) is 32.7 Å². The smallest absolute Gasteiger partial charge is 0.322 e.